The molecule has 3 rings (SSSR count). The Labute approximate surface area is 128 Å². The number of rotatable bonds is 3. The fourth-order valence-electron chi connectivity index (χ4n) is 3.68. The monoisotopic (exact) mass is 279 g/mol. The van der Waals surface area contributed by atoms with Crippen LogP contribution in [0.5, 0.6) is 0 Å². The summed E-state index contributed by atoms with van der Waals surface area (Å²) in [6.45, 7) is 7.90. The van der Waals surface area contributed by atoms with Gasteiger partial charge in [0, 0.05) is 11.5 Å². The number of aryl methyl sites for hydroxylation is 2. The maximum atomic E-state index is 3.73. The van der Waals surface area contributed by atoms with Crippen molar-refractivity contribution in [1.82, 2.24) is 5.32 Å². The molecule has 21 heavy (non-hydrogen) atoms. The molecule has 0 amide bonds. The second kappa shape index (κ2) is 5.65. The van der Waals surface area contributed by atoms with Crippen LogP contribution < -0.4 is 5.32 Å². The van der Waals surface area contributed by atoms with Crippen molar-refractivity contribution in [3.05, 3.63) is 70.8 Å². The lowest BCUT2D eigenvalue weighted by Gasteiger charge is -2.37. The standard InChI is InChI=1S/C20H25N/c1-15-7-4-9-17(13-15)20(3,19-11-6-12-21-19)18-10-5-8-16(2)14-18/h4-5,7-10,13-14,19,21H,6,11-12H2,1-3H3. The van der Waals surface area contributed by atoms with Gasteiger partial charge in [0.15, 0.2) is 0 Å². The molecule has 0 aliphatic carbocycles. The van der Waals surface area contributed by atoms with Crippen molar-refractivity contribution >= 4 is 0 Å². The first-order chi connectivity index (χ1) is 10.1. The molecule has 0 spiro atoms. The first kappa shape index (κ1) is 14.3. The molecule has 1 heteroatoms. The Kier molecular flexibility index (Phi) is 3.86. The van der Waals surface area contributed by atoms with Crippen molar-refractivity contribution in [2.24, 2.45) is 0 Å². The van der Waals surface area contributed by atoms with E-state index >= 15 is 0 Å². The Morgan fingerprint density at radius 2 is 1.52 bits per heavy atom. The minimum absolute atomic E-state index is 0.0362. The van der Waals surface area contributed by atoms with E-state index < -0.39 is 0 Å². The summed E-state index contributed by atoms with van der Waals surface area (Å²) in [5.41, 5.74) is 5.56. The molecule has 2 aromatic carbocycles. The molecule has 1 aliphatic heterocycles. The molecule has 110 valence electrons. The van der Waals surface area contributed by atoms with Crippen LogP contribution in [0.3, 0.4) is 0 Å². The van der Waals surface area contributed by atoms with Gasteiger partial charge in [-0.05, 0) is 51.3 Å². The fraction of sp³-hybridized carbons (Fsp3) is 0.400. The molecule has 0 bridgehead atoms. The van der Waals surface area contributed by atoms with Gasteiger partial charge in [-0.1, -0.05) is 59.7 Å². The summed E-state index contributed by atoms with van der Waals surface area (Å²) >= 11 is 0. The van der Waals surface area contributed by atoms with Gasteiger partial charge in [-0.25, -0.2) is 0 Å². The van der Waals surface area contributed by atoms with E-state index in [1.165, 1.54) is 35.1 Å². The van der Waals surface area contributed by atoms with Crippen molar-refractivity contribution in [3.8, 4) is 0 Å². The largest absolute Gasteiger partial charge is 0.313 e. The summed E-state index contributed by atoms with van der Waals surface area (Å²) in [7, 11) is 0. The summed E-state index contributed by atoms with van der Waals surface area (Å²) in [6, 6.07) is 18.5. The summed E-state index contributed by atoms with van der Waals surface area (Å²) < 4.78 is 0. The van der Waals surface area contributed by atoms with Gasteiger partial charge in [-0.3, -0.25) is 0 Å². The second-order valence-corrected chi connectivity index (χ2v) is 6.59. The van der Waals surface area contributed by atoms with E-state index in [4.69, 9.17) is 0 Å². The van der Waals surface area contributed by atoms with Gasteiger partial charge in [-0.15, -0.1) is 0 Å². The molecule has 2 aromatic rings. The zero-order valence-corrected chi connectivity index (χ0v) is 13.3. The van der Waals surface area contributed by atoms with E-state index in [1.807, 2.05) is 0 Å². The predicted molar refractivity (Wildman–Crippen MR) is 89.8 cm³/mol. The highest BCUT2D eigenvalue weighted by Gasteiger charge is 2.39. The summed E-state index contributed by atoms with van der Waals surface area (Å²) in [4.78, 5) is 0. The quantitative estimate of drug-likeness (QED) is 0.880. The second-order valence-electron chi connectivity index (χ2n) is 6.59. The van der Waals surface area contributed by atoms with Gasteiger partial charge in [0.25, 0.3) is 0 Å². The van der Waals surface area contributed by atoms with Gasteiger partial charge in [0.05, 0.1) is 0 Å². The summed E-state index contributed by atoms with van der Waals surface area (Å²) in [5.74, 6) is 0. The van der Waals surface area contributed by atoms with Gasteiger partial charge in [0.1, 0.15) is 0 Å². The summed E-state index contributed by atoms with van der Waals surface area (Å²) in [6.07, 6.45) is 2.52. The van der Waals surface area contributed by atoms with Crippen LogP contribution in [0.25, 0.3) is 0 Å². The SMILES string of the molecule is Cc1cccc(C(C)(c2cccc(C)c2)C2CCCN2)c1. The van der Waals surface area contributed by atoms with Crippen LogP contribution in [0.1, 0.15) is 42.0 Å². The number of benzene rings is 2. The highest BCUT2D eigenvalue weighted by molar-refractivity contribution is 5.43. The van der Waals surface area contributed by atoms with Crippen LogP contribution in [-0.2, 0) is 5.41 Å². The lowest BCUT2D eigenvalue weighted by atomic mass is 9.69. The fourth-order valence-corrected chi connectivity index (χ4v) is 3.68. The van der Waals surface area contributed by atoms with Crippen LogP contribution in [0.4, 0.5) is 0 Å². The van der Waals surface area contributed by atoms with E-state index in [0.717, 1.165) is 6.54 Å². The van der Waals surface area contributed by atoms with Gasteiger partial charge < -0.3 is 5.32 Å². The topological polar surface area (TPSA) is 12.0 Å². The lowest BCUT2D eigenvalue weighted by molar-refractivity contribution is 0.406. The molecule has 1 nitrogen and oxygen atoms in total. The van der Waals surface area contributed by atoms with Crippen LogP contribution >= 0.6 is 0 Å². The zero-order chi connectivity index (χ0) is 14.9. The Morgan fingerprint density at radius 1 is 0.952 bits per heavy atom. The molecular formula is C20H25N. The van der Waals surface area contributed by atoms with E-state index in [2.05, 4.69) is 74.6 Å². The van der Waals surface area contributed by atoms with Crippen LogP contribution in [-0.4, -0.2) is 12.6 Å². The first-order valence-corrected chi connectivity index (χ1v) is 7.98. The highest BCUT2D eigenvalue weighted by Crippen LogP contribution is 2.39. The lowest BCUT2D eigenvalue weighted by Crippen LogP contribution is -2.44. The Morgan fingerprint density at radius 3 is 1.95 bits per heavy atom. The highest BCUT2D eigenvalue weighted by atomic mass is 15.0. The van der Waals surface area contributed by atoms with Crippen molar-refractivity contribution in [3.63, 3.8) is 0 Å². The van der Waals surface area contributed by atoms with Gasteiger partial charge >= 0.3 is 0 Å². The molecule has 1 atom stereocenters. The number of hydrogen-bond donors (Lipinski definition) is 1. The number of nitrogens with one attached hydrogen (secondary N) is 1. The van der Waals surface area contributed by atoms with Gasteiger partial charge in [0.2, 0.25) is 0 Å². The normalized spacial score (nSPS) is 18.9. The van der Waals surface area contributed by atoms with Crippen LogP contribution in [0, 0.1) is 13.8 Å². The van der Waals surface area contributed by atoms with Crippen molar-refractivity contribution in [1.29, 1.82) is 0 Å². The summed E-state index contributed by atoms with van der Waals surface area (Å²) in [5, 5.41) is 3.73. The smallest absolute Gasteiger partial charge is 0.0327 e. The molecule has 1 aliphatic rings. The average Bonchev–Trinajstić information content (AvgIpc) is 3.01. The molecule has 1 heterocycles. The molecule has 1 N–H and O–H groups in total. The minimum atomic E-state index is 0.0362. The molecule has 1 unspecified atom stereocenters. The minimum Gasteiger partial charge on any atom is -0.313 e. The van der Waals surface area contributed by atoms with E-state index in [1.54, 1.807) is 0 Å². The van der Waals surface area contributed by atoms with Crippen molar-refractivity contribution in [2.45, 2.75) is 45.1 Å². The molecule has 1 saturated heterocycles. The Hall–Kier alpha value is -1.60. The first-order valence-electron chi connectivity index (χ1n) is 7.98. The third kappa shape index (κ3) is 2.63. The predicted octanol–water partition coefficient (Wildman–Crippen LogP) is 4.36. The van der Waals surface area contributed by atoms with Crippen LogP contribution in [0.2, 0.25) is 0 Å². The van der Waals surface area contributed by atoms with Gasteiger partial charge in [-0.2, -0.15) is 0 Å². The van der Waals surface area contributed by atoms with Crippen LogP contribution in [0.15, 0.2) is 48.5 Å². The molecular weight excluding hydrogens is 254 g/mol. The Balaban J connectivity index is 2.15. The third-order valence-corrected chi connectivity index (χ3v) is 4.99. The van der Waals surface area contributed by atoms with Crippen molar-refractivity contribution < 1.29 is 0 Å². The zero-order valence-electron chi connectivity index (χ0n) is 13.3. The average molecular weight is 279 g/mol. The number of hydrogen-bond acceptors (Lipinski definition) is 1. The maximum absolute atomic E-state index is 3.73. The molecule has 0 radical (unpaired) electrons. The molecule has 0 saturated carbocycles. The third-order valence-electron chi connectivity index (χ3n) is 4.99. The van der Waals surface area contributed by atoms with E-state index in [-0.39, 0.29) is 5.41 Å². The van der Waals surface area contributed by atoms with E-state index in [0.29, 0.717) is 6.04 Å². The molecule has 0 aromatic heterocycles. The van der Waals surface area contributed by atoms with E-state index in [9.17, 15) is 0 Å². The Bertz CT molecular complexity index is 578. The maximum Gasteiger partial charge on any atom is 0.0327 e. The molecule has 1 fully saturated rings. The van der Waals surface area contributed by atoms with Crippen molar-refractivity contribution in [2.75, 3.05) is 6.54 Å².